The Morgan fingerprint density at radius 3 is 2.36 bits per heavy atom. The topological polar surface area (TPSA) is 53.8 Å². The third-order valence-electron chi connectivity index (χ3n) is 3.20. The normalized spacial score (nSPS) is 15.7. The molecular formula is C17H15N3OS. The van der Waals surface area contributed by atoms with Crippen molar-refractivity contribution in [2.24, 2.45) is 10.1 Å². The van der Waals surface area contributed by atoms with E-state index in [9.17, 15) is 4.79 Å². The van der Waals surface area contributed by atoms with E-state index in [2.05, 4.69) is 51.9 Å². The highest BCUT2D eigenvalue weighted by Gasteiger charge is 2.15. The molecule has 1 aliphatic rings. The van der Waals surface area contributed by atoms with Crippen LogP contribution in [0.2, 0.25) is 0 Å². The summed E-state index contributed by atoms with van der Waals surface area (Å²) in [4.78, 5) is 15.3. The third-order valence-corrected chi connectivity index (χ3v) is 4.06. The summed E-state index contributed by atoms with van der Waals surface area (Å²) in [5.41, 5.74) is 6.86. The van der Waals surface area contributed by atoms with Crippen LogP contribution in [0.4, 0.5) is 0 Å². The largest absolute Gasteiger partial charge is 0.274 e. The number of nitrogens with one attached hydrogen (secondary N) is 1. The Labute approximate surface area is 133 Å². The van der Waals surface area contributed by atoms with Crippen LogP contribution in [0.1, 0.15) is 12.5 Å². The Kier molecular flexibility index (Phi) is 4.34. The number of nitrogens with zero attached hydrogens (tertiary/aromatic N) is 2. The Balaban J connectivity index is 1.78. The smallest absolute Gasteiger partial charge is 0.237 e. The molecular weight excluding hydrogens is 294 g/mol. The molecule has 110 valence electrons. The second kappa shape index (κ2) is 6.58. The summed E-state index contributed by atoms with van der Waals surface area (Å²) in [6, 6.07) is 18.6. The van der Waals surface area contributed by atoms with Crippen molar-refractivity contribution in [1.29, 1.82) is 0 Å². The molecule has 1 amide bonds. The van der Waals surface area contributed by atoms with Crippen LogP contribution in [0.5, 0.6) is 0 Å². The maximum absolute atomic E-state index is 10.8. The van der Waals surface area contributed by atoms with Gasteiger partial charge in [-0.1, -0.05) is 66.4 Å². The molecule has 0 fully saturated rings. The van der Waals surface area contributed by atoms with Crippen molar-refractivity contribution in [3.05, 3.63) is 60.2 Å². The molecule has 4 nitrogen and oxygen atoms in total. The van der Waals surface area contributed by atoms with Crippen LogP contribution in [0.25, 0.3) is 11.1 Å². The molecule has 3 rings (SSSR count). The van der Waals surface area contributed by atoms with Gasteiger partial charge in [0.1, 0.15) is 0 Å². The first kappa shape index (κ1) is 14.5. The summed E-state index contributed by atoms with van der Waals surface area (Å²) < 4.78 is 0. The van der Waals surface area contributed by atoms with Crippen LogP contribution >= 0.6 is 11.8 Å². The Bertz CT molecular complexity index is 736. The van der Waals surface area contributed by atoms with Gasteiger partial charge in [-0.3, -0.25) is 4.79 Å². The van der Waals surface area contributed by atoms with E-state index in [-0.39, 0.29) is 5.91 Å². The molecule has 5 heteroatoms. The minimum absolute atomic E-state index is 0.191. The van der Waals surface area contributed by atoms with Crippen LogP contribution < -0.4 is 5.43 Å². The molecule has 0 saturated carbocycles. The standard InChI is InChI=1S/C17H15N3OS/c1-12(21)19-20-17-18-16(11-22-17)15-9-7-14(8-10-15)13-5-3-2-4-6-13/h2-10H,11H2,1H3,(H,19,21). The summed E-state index contributed by atoms with van der Waals surface area (Å²) in [5.74, 6) is 0.576. The van der Waals surface area contributed by atoms with Crippen molar-refractivity contribution in [3.8, 4) is 11.1 Å². The molecule has 1 N–H and O–H groups in total. The fourth-order valence-corrected chi connectivity index (χ4v) is 2.91. The van der Waals surface area contributed by atoms with E-state index in [1.807, 2.05) is 18.2 Å². The number of hydrogen-bond acceptors (Lipinski definition) is 3. The van der Waals surface area contributed by atoms with E-state index in [1.165, 1.54) is 29.8 Å². The fraction of sp³-hybridized carbons (Fsp3) is 0.118. The molecule has 0 spiro atoms. The van der Waals surface area contributed by atoms with Crippen LogP contribution in [0.3, 0.4) is 0 Å². The van der Waals surface area contributed by atoms with Crippen LogP contribution in [0.15, 0.2) is 64.7 Å². The van der Waals surface area contributed by atoms with E-state index in [0.29, 0.717) is 5.17 Å². The Morgan fingerprint density at radius 1 is 1.05 bits per heavy atom. The number of rotatable bonds is 3. The Morgan fingerprint density at radius 2 is 1.68 bits per heavy atom. The van der Waals surface area contributed by atoms with Gasteiger partial charge < -0.3 is 0 Å². The first-order valence-corrected chi connectivity index (χ1v) is 7.91. The first-order valence-electron chi connectivity index (χ1n) is 6.93. The quantitative estimate of drug-likeness (QED) is 0.885. The zero-order valence-corrected chi connectivity index (χ0v) is 12.9. The lowest BCUT2D eigenvalue weighted by atomic mass is 10.0. The average Bonchev–Trinajstić information content (AvgIpc) is 3.03. The van der Waals surface area contributed by atoms with Gasteiger partial charge in [0, 0.05) is 12.7 Å². The zero-order valence-electron chi connectivity index (χ0n) is 12.1. The van der Waals surface area contributed by atoms with E-state index in [4.69, 9.17) is 0 Å². The molecule has 0 radical (unpaired) electrons. The van der Waals surface area contributed by atoms with E-state index < -0.39 is 0 Å². The van der Waals surface area contributed by atoms with Gasteiger partial charge in [0.15, 0.2) is 0 Å². The minimum Gasteiger partial charge on any atom is -0.274 e. The van der Waals surface area contributed by atoms with E-state index >= 15 is 0 Å². The van der Waals surface area contributed by atoms with Gasteiger partial charge in [0.25, 0.3) is 0 Å². The molecule has 0 bridgehead atoms. The molecule has 0 atom stereocenters. The molecule has 2 aromatic rings. The lowest BCUT2D eigenvalue weighted by molar-refractivity contribution is -0.118. The number of thioether (sulfide) groups is 1. The maximum atomic E-state index is 10.8. The predicted molar refractivity (Wildman–Crippen MR) is 92.1 cm³/mol. The molecule has 0 aromatic heterocycles. The number of benzene rings is 2. The van der Waals surface area contributed by atoms with Crippen molar-refractivity contribution in [2.45, 2.75) is 6.92 Å². The summed E-state index contributed by atoms with van der Waals surface area (Å²) in [7, 11) is 0. The van der Waals surface area contributed by atoms with E-state index in [1.54, 1.807) is 0 Å². The van der Waals surface area contributed by atoms with Gasteiger partial charge in [-0.05, 0) is 16.7 Å². The SMILES string of the molecule is CC(=O)NN=C1N=C(c2ccc(-c3ccccc3)cc2)CS1. The van der Waals surface area contributed by atoms with Crippen molar-refractivity contribution in [2.75, 3.05) is 5.75 Å². The number of aliphatic imine (C=N–C) groups is 1. The molecule has 1 heterocycles. The van der Waals surface area contributed by atoms with E-state index in [0.717, 1.165) is 17.0 Å². The van der Waals surface area contributed by atoms with Gasteiger partial charge in [0.2, 0.25) is 11.1 Å². The van der Waals surface area contributed by atoms with Gasteiger partial charge in [-0.2, -0.15) is 0 Å². The van der Waals surface area contributed by atoms with Crippen LogP contribution in [-0.4, -0.2) is 22.5 Å². The number of amides is 1. The third kappa shape index (κ3) is 3.43. The number of amidine groups is 1. The summed E-state index contributed by atoms with van der Waals surface area (Å²) in [6.45, 7) is 1.43. The maximum Gasteiger partial charge on any atom is 0.237 e. The first-order chi connectivity index (χ1) is 10.7. The number of hydrogen-bond donors (Lipinski definition) is 1. The number of hydrazone groups is 1. The number of carbonyl (C=O) groups is 1. The number of carbonyl (C=O) groups excluding carboxylic acids is 1. The minimum atomic E-state index is -0.191. The predicted octanol–water partition coefficient (Wildman–Crippen LogP) is 3.30. The van der Waals surface area contributed by atoms with Crippen molar-refractivity contribution < 1.29 is 4.79 Å². The summed E-state index contributed by atoms with van der Waals surface area (Å²) in [6.07, 6.45) is 0. The van der Waals surface area contributed by atoms with Crippen LogP contribution in [0, 0.1) is 0 Å². The fourth-order valence-electron chi connectivity index (χ4n) is 2.13. The molecule has 22 heavy (non-hydrogen) atoms. The highest BCUT2D eigenvalue weighted by molar-refractivity contribution is 8.15. The molecule has 0 aliphatic carbocycles. The van der Waals surface area contributed by atoms with Gasteiger partial charge in [0.05, 0.1) is 5.71 Å². The van der Waals surface area contributed by atoms with Crippen molar-refractivity contribution in [1.82, 2.24) is 5.43 Å². The second-order valence-electron chi connectivity index (χ2n) is 4.85. The van der Waals surface area contributed by atoms with Crippen molar-refractivity contribution >= 4 is 28.5 Å². The summed E-state index contributed by atoms with van der Waals surface area (Å²) in [5, 5.41) is 4.55. The van der Waals surface area contributed by atoms with Crippen LogP contribution in [-0.2, 0) is 4.79 Å². The Hall–Kier alpha value is -2.40. The lowest BCUT2D eigenvalue weighted by Crippen LogP contribution is -2.13. The highest BCUT2D eigenvalue weighted by Crippen LogP contribution is 2.23. The van der Waals surface area contributed by atoms with Gasteiger partial charge in [-0.25, -0.2) is 10.4 Å². The highest BCUT2D eigenvalue weighted by atomic mass is 32.2. The molecule has 0 unspecified atom stereocenters. The van der Waals surface area contributed by atoms with Gasteiger partial charge in [-0.15, -0.1) is 5.10 Å². The molecule has 0 saturated heterocycles. The molecule has 2 aromatic carbocycles. The second-order valence-corrected chi connectivity index (χ2v) is 5.80. The average molecular weight is 309 g/mol. The summed E-state index contributed by atoms with van der Waals surface area (Å²) >= 11 is 1.52. The zero-order chi connectivity index (χ0) is 15.4. The molecule has 1 aliphatic heterocycles. The lowest BCUT2D eigenvalue weighted by Gasteiger charge is -2.03. The van der Waals surface area contributed by atoms with Gasteiger partial charge >= 0.3 is 0 Å². The van der Waals surface area contributed by atoms with Crippen molar-refractivity contribution in [3.63, 3.8) is 0 Å². The monoisotopic (exact) mass is 309 g/mol.